The van der Waals surface area contributed by atoms with Crippen molar-refractivity contribution in [1.82, 2.24) is 9.97 Å². The number of carbonyl (C=O) groups is 1. The van der Waals surface area contributed by atoms with Crippen molar-refractivity contribution >= 4 is 43.9 Å². The van der Waals surface area contributed by atoms with Gasteiger partial charge in [-0.05, 0) is 32.0 Å². The van der Waals surface area contributed by atoms with Crippen molar-refractivity contribution in [2.45, 2.75) is 13.8 Å². The highest BCUT2D eigenvalue weighted by molar-refractivity contribution is 7.22. The maximum absolute atomic E-state index is 12.3. The van der Waals surface area contributed by atoms with Gasteiger partial charge in [-0.2, -0.15) is 0 Å². The van der Waals surface area contributed by atoms with Gasteiger partial charge in [0.25, 0.3) is 5.91 Å². The number of hydrogen-bond acceptors (Lipinski definition) is 6. The molecular weight excluding hydrogens is 342 g/mol. The van der Waals surface area contributed by atoms with Gasteiger partial charge in [0.05, 0.1) is 15.8 Å². The Hall–Kier alpha value is -2.51. The first kappa shape index (κ1) is 15.0. The van der Waals surface area contributed by atoms with Gasteiger partial charge in [-0.1, -0.05) is 12.1 Å². The minimum absolute atomic E-state index is 0.213. The molecule has 7 heteroatoms. The van der Waals surface area contributed by atoms with Crippen LogP contribution < -0.4 is 5.32 Å². The number of furan rings is 1. The summed E-state index contributed by atoms with van der Waals surface area (Å²) in [5, 5.41) is 6.12. The highest BCUT2D eigenvalue weighted by atomic mass is 32.1. The van der Waals surface area contributed by atoms with E-state index in [0.29, 0.717) is 22.2 Å². The van der Waals surface area contributed by atoms with E-state index in [1.54, 1.807) is 24.3 Å². The number of anilines is 1. The monoisotopic (exact) mass is 355 g/mol. The Morgan fingerprint density at radius 2 is 2.04 bits per heavy atom. The van der Waals surface area contributed by atoms with Crippen LogP contribution in [0.1, 0.15) is 21.9 Å². The van der Waals surface area contributed by atoms with Crippen LogP contribution in [0.15, 0.2) is 40.1 Å². The van der Waals surface area contributed by atoms with Crippen LogP contribution in [0.4, 0.5) is 5.13 Å². The molecule has 0 fully saturated rings. The number of amides is 1. The third kappa shape index (κ3) is 2.72. The van der Waals surface area contributed by atoms with Crippen molar-refractivity contribution in [1.29, 1.82) is 0 Å². The van der Waals surface area contributed by atoms with Crippen molar-refractivity contribution in [3.63, 3.8) is 0 Å². The van der Waals surface area contributed by atoms with E-state index in [2.05, 4.69) is 15.3 Å². The third-order valence-corrected chi connectivity index (χ3v) is 5.34. The topological polar surface area (TPSA) is 68.0 Å². The number of nitrogens with zero attached hydrogens (tertiary/aromatic N) is 2. The van der Waals surface area contributed by atoms with Crippen LogP contribution >= 0.6 is 22.7 Å². The average molecular weight is 355 g/mol. The van der Waals surface area contributed by atoms with Gasteiger partial charge >= 0.3 is 0 Å². The van der Waals surface area contributed by atoms with Gasteiger partial charge in [0.1, 0.15) is 22.2 Å². The molecule has 1 aromatic carbocycles. The Kier molecular flexibility index (Phi) is 3.66. The summed E-state index contributed by atoms with van der Waals surface area (Å²) in [6.07, 6.45) is 0. The summed E-state index contributed by atoms with van der Waals surface area (Å²) >= 11 is 2.97. The molecule has 0 bridgehead atoms. The van der Waals surface area contributed by atoms with Gasteiger partial charge in [-0.25, -0.2) is 9.97 Å². The van der Waals surface area contributed by atoms with E-state index in [9.17, 15) is 4.79 Å². The molecule has 0 saturated carbocycles. The van der Waals surface area contributed by atoms with Crippen molar-refractivity contribution < 1.29 is 9.21 Å². The first-order valence-corrected chi connectivity index (χ1v) is 8.99. The Labute approximate surface area is 146 Å². The number of fused-ring (bicyclic) bond motifs is 1. The molecule has 0 aliphatic rings. The number of benzene rings is 1. The lowest BCUT2D eigenvalue weighted by Gasteiger charge is -1.99. The Bertz CT molecular complexity index is 1010. The first-order chi connectivity index (χ1) is 11.6. The minimum Gasteiger partial charge on any atom is -0.466 e. The molecule has 0 radical (unpaired) electrons. The van der Waals surface area contributed by atoms with E-state index >= 15 is 0 Å². The summed E-state index contributed by atoms with van der Waals surface area (Å²) < 4.78 is 6.52. The molecule has 3 heterocycles. The van der Waals surface area contributed by atoms with Crippen LogP contribution in [0.3, 0.4) is 0 Å². The Morgan fingerprint density at radius 1 is 1.21 bits per heavy atom. The lowest BCUT2D eigenvalue weighted by molar-refractivity contribution is 0.102. The molecule has 0 atom stereocenters. The van der Waals surface area contributed by atoms with Gasteiger partial charge in [-0.15, -0.1) is 22.7 Å². The fourth-order valence-electron chi connectivity index (χ4n) is 2.43. The number of aromatic nitrogens is 2. The number of carbonyl (C=O) groups excluding carboxylic acids is 1. The second kappa shape index (κ2) is 5.85. The number of hydrogen-bond donors (Lipinski definition) is 1. The molecule has 3 aromatic heterocycles. The Morgan fingerprint density at radius 3 is 2.79 bits per heavy atom. The molecule has 1 N–H and O–H groups in total. The quantitative estimate of drug-likeness (QED) is 0.568. The fraction of sp³-hybridized carbons (Fsp3) is 0.118. The van der Waals surface area contributed by atoms with E-state index < -0.39 is 0 Å². The molecule has 120 valence electrons. The van der Waals surface area contributed by atoms with Crippen LogP contribution in [0.25, 0.3) is 20.9 Å². The second-order valence-electron chi connectivity index (χ2n) is 5.31. The van der Waals surface area contributed by atoms with Gasteiger partial charge < -0.3 is 4.42 Å². The van der Waals surface area contributed by atoms with Crippen LogP contribution in [-0.2, 0) is 0 Å². The summed E-state index contributed by atoms with van der Waals surface area (Å²) in [5.74, 6) is 1.11. The smallest absolute Gasteiger partial charge is 0.260 e. The maximum Gasteiger partial charge on any atom is 0.260 e. The van der Waals surface area contributed by atoms with Crippen molar-refractivity contribution in [2.24, 2.45) is 0 Å². The first-order valence-electron chi connectivity index (χ1n) is 7.30. The van der Waals surface area contributed by atoms with E-state index in [1.165, 1.54) is 11.3 Å². The zero-order chi connectivity index (χ0) is 16.7. The number of aryl methyl sites for hydroxylation is 2. The molecule has 1 amide bonds. The molecule has 0 saturated heterocycles. The highest BCUT2D eigenvalue weighted by Gasteiger charge is 2.16. The zero-order valence-corrected chi connectivity index (χ0v) is 14.6. The largest absolute Gasteiger partial charge is 0.466 e. The van der Waals surface area contributed by atoms with Crippen LogP contribution in [0.5, 0.6) is 0 Å². The molecule has 0 spiro atoms. The normalized spacial score (nSPS) is 11.1. The third-order valence-electron chi connectivity index (χ3n) is 3.52. The SMILES string of the molecule is Cc1cc(C(=O)Nc2nc(-c3nc4ccccc4s3)cs2)c(C)o1. The summed E-state index contributed by atoms with van der Waals surface area (Å²) in [4.78, 5) is 21.4. The van der Waals surface area contributed by atoms with Crippen LogP contribution in [-0.4, -0.2) is 15.9 Å². The highest BCUT2D eigenvalue weighted by Crippen LogP contribution is 2.32. The minimum atomic E-state index is -0.213. The van der Waals surface area contributed by atoms with Gasteiger partial charge in [-0.3, -0.25) is 10.1 Å². The summed E-state index contributed by atoms with van der Waals surface area (Å²) in [5.41, 5.74) is 2.27. The van der Waals surface area contributed by atoms with E-state index in [4.69, 9.17) is 4.42 Å². The lowest BCUT2D eigenvalue weighted by Crippen LogP contribution is -2.11. The summed E-state index contributed by atoms with van der Waals surface area (Å²) in [6, 6.07) is 9.71. The average Bonchev–Trinajstić information content (AvgIpc) is 3.24. The number of para-hydroxylation sites is 1. The molecule has 24 heavy (non-hydrogen) atoms. The van der Waals surface area contributed by atoms with Crippen molar-refractivity contribution in [2.75, 3.05) is 5.32 Å². The number of rotatable bonds is 3. The van der Waals surface area contributed by atoms with Gasteiger partial charge in [0.2, 0.25) is 0 Å². The van der Waals surface area contributed by atoms with Crippen LogP contribution in [0, 0.1) is 13.8 Å². The van der Waals surface area contributed by atoms with Crippen LogP contribution in [0.2, 0.25) is 0 Å². The standard InChI is InChI=1S/C17H13N3O2S2/c1-9-7-11(10(2)22-9)15(21)20-17-19-13(8-23-17)16-18-12-5-3-4-6-14(12)24-16/h3-8H,1-2H3,(H,19,20,21). The van der Waals surface area contributed by atoms with Gasteiger partial charge in [0.15, 0.2) is 5.13 Å². The molecule has 5 nitrogen and oxygen atoms in total. The predicted octanol–water partition coefficient (Wildman–Crippen LogP) is 4.88. The Balaban J connectivity index is 1.58. The lowest BCUT2D eigenvalue weighted by atomic mass is 10.2. The second-order valence-corrected chi connectivity index (χ2v) is 7.19. The zero-order valence-electron chi connectivity index (χ0n) is 13.0. The molecular formula is C17H13N3O2S2. The van der Waals surface area contributed by atoms with E-state index in [0.717, 1.165) is 20.9 Å². The molecule has 4 rings (SSSR count). The fourth-order valence-corrected chi connectivity index (χ4v) is 4.12. The molecule has 0 aliphatic heterocycles. The number of nitrogens with one attached hydrogen (secondary N) is 1. The predicted molar refractivity (Wildman–Crippen MR) is 96.9 cm³/mol. The van der Waals surface area contributed by atoms with Crippen molar-refractivity contribution in [3.8, 4) is 10.7 Å². The summed E-state index contributed by atoms with van der Waals surface area (Å²) in [7, 11) is 0. The number of thiazole rings is 2. The van der Waals surface area contributed by atoms with Gasteiger partial charge in [0, 0.05) is 5.38 Å². The maximum atomic E-state index is 12.3. The van der Waals surface area contributed by atoms with Crippen molar-refractivity contribution in [3.05, 3.63) is 52.8 Å². The van der Waals surface area contributed by atoms with E-state index in [-0.39, 0.29) is 5.91 Å². The summed E-state index contributed by atoms with van der Waals surface area (Å²) in [6.45, 7) is 3.59. The molecule has 0 unspecified atom stereocenters. The molecule has 4 aromatic rings. The van der Waals surface area contributed by atoms with E-state index in [1.807, 2.05) is 36.6 Å². The molecule has 0 aliphatic carbocycles.